The molecular formula is C4H2ClNS. The van der Waals surface area contributed by atoms with Crippen LogP contribution in [0.1, 0.15) is 5.01 Å². The van der Waals surface area contributed by atoms with E-state index in [9.17, 15) is 0 Å². The van der Waals surface area contributed by atoms with E-state index >= 15 is 0 Å². The molecule has 1 nitrogen and oxygen atoms in total. The maximum Gasteiger partial charge on any atom is 0.140 e. The summed E-state index contributed by atoms with van der Waals surface area (Å²) in [5.41, 5.74) is 0. The fourth-order valence-corrected chi connectivity index (χ4v) is 0.964. The molecule has 0 aliphatic rings. The molecule has 0 aromatic carbocycles. The van der Waals surface area contributed by atoms with E-state index < -0.39 is 0 Å². The Kier molecular flexibility index (Phi) is 1.30. The standard InChI is InChI=1S/C4H2ClNS/c1-3-6-4(5)2-7-3/h1-2H. The van der Waals surface area contributed by atoms with E-state index in [-0.39, 0.29) is 0 Å². The number of hydrogen-bond acceptors (Lipinski definition) is 2. The van der Waals surface area contributed by atoms with Crippen LogP contribution in [-0.4, -0.2) is 4.98 Å². The van der Waals surface area contributed by atoms with Gasteiger partial charge in [0.2, 0.25) is 0 Å². The van der Waals surface area contributed by atoms with E-state index in [0.717, 1.165) is 0 Å². The van der Waals surface area contributed by atoms with Crippen molar-refractivity contribution >= 4 is 22.9 Å². The van der Waals surface area contributed by atoms with E-state index in [1.807, 2.05) is 0 Å². The van der Waals surface area contributed by atoms with E-state index in [1.54, 1.807) is 5.38 Å². The van der Waals surface area contributed by atoms with Gasteiger partial charge in [-0.25, -0.2) is 4.98 Å². The molecule has 0 saturated heterocycles. The Bertz CT molecular complexity index is 144. The highest BCUT2D eigenvalue weighted by molar-refractivity contribution is 7.10. The summed E-state index contributed by atoms with van der Waals surface area (Å²) in [7, 11) is 0. The molecule has 1 rings (SSSR count). The Hall–Kier alpha value is -0.0800. The lowest BCUT2D eigenvalue weighted by atomic mass is 10.8. The van der Waals surface area contributed by atoms with Gasteiger partial charge in [-0.05, 0) is 0 Å². The van der Waals surface area contributed by atoms with E-state index in [2.05, 4.69) is 4.98 Å². The van der Waals surface area contributed by atoms with Gasteiger partial charge in [0.1, 0.15) is 5.15 Å². The molecule has 0 atom stereocenters. The zero-order valence-corrected chi connectivity index (χ0v) is 4.96. The lowest BCUT2D eigenvalue weighted by molar-refractivity contribution is 1.37. The predicted octanol–water partition coefficient (Wildman–Crippen LogP) is 1.86. The van der Waals surface area contributed by atoms with Gasteiger partial charge < -0.3 is 0 Å². The van der Waals surface area contributed by atoms with Gasteiger partial charge in [-0.15, -0.1) is 11.3 Å². The molecule has 0 aliphatic heterocycles. The number of halogens is 1. The van der Waals surface area contributed by atoms with Crippen LogP contribution in [0.15, 0.2) is 5.38 Å². The number of aromatic nitrogens is 1. The van der Waals surface area contributed by atoms with Crippen molar-refractivity contribution in [2.45, 2.75) is 0 Å². The second kappa shape index (κ2) is 1.80. The van der Waals surface area contributed by atoms with E-state index in [4.69, 9.17) is 18.5 Å². The van der Waals surface area contributed by atoms with Crippen LogP contribution < -0.4 is 0 Å². The normalized spacial score (nSPS) is 9.43. The van der Waals surface area contributed by atoms with Crippen LogP contribution in [-0.2, 0) is 0 Å². The average molecular weight is 132 g/mol. The zero-order chi connectivity index (χ0) is 5.28. The number of thiazole rings is 1. The molecule has 1 aromatic heterocycles. The van der Waals surface area contributed by atoms with Crippen molar-refractivity contribution in [2.75, 3.05) is 0 Å². The predicted molar refractivity (Wildman–Crippen MR) is 30.5 cm³/mol. The Labute approximate surface area is 51.0 Å². The minimum absolute atomic E-state index is 0.475. The third-order valence-corrected chi connectivity index (χ3v) is 1.49. The van der Waals surface area contributed by atoms with Crippen molar-refractivity contribution in [3.63, 3.8) is 0 Å². The smallest absolute Gasteiger partial charge is 0.140 e. The first-order valence-corrected chi connectivity index (χ1v) is 2.91. The highest BCUT2D eigenvalue weighted by Gasteiger charge is 1.88. The van der Waals surface area contributed by atoms with Crippen molar-refractivity contribution in [1.29, 1.82) is 0 Å². The highest BCUT2D eigenvalue weighted by Crippen LogP contribution is 2.11. The molecule has 36 valence electrons. The molecular weight excluding hydrogens is 130 g/mol. The number of rotatable bonds is 0. The van der Waals surface area contributed by atoms with Crippen LogP contribution in [0.25, 0.3) is 0 Å². The molecule has 0 bridgehead atoms. The molecule has 0 N–H and O–H groups in total. The molecule has 0 spiro atoms. The lowest BCUT2D eigenvalue weighted by Gasteiger charge is -1.68. The third-order valence-electron chi connectivity index (χ3n) is 0.494. The summed E-state index contributed by atoms with van der Waals surface area (Å²) >= 11 is 6.72. The fraction of sp³-hybridized carbons (Fsp3) is 0. The second-order valence-corrected chi connectivity index (χ2v) is 2.29. The van der Waals surface area contributed by atoms with Crippen molar-refractivity contribution in [1.82, 2.24) is 4.98 Å². The Morgan fingerprint density at radius 3 is 2.71 bits per heavy atom. The zero-order valence-electron chi connectivity index (χ0n) is 3.39. The summed E-state index contributed by atoms with van der Waals surface area (Å²) in [5.74, 6) is 0. The largest absolute Gasteiger partial charge is 0.229 e. The Balaban J connectivity index is 3.04. The first-order chi connectivity index (χ1) is 3.29. The SMILES string of the molecule is [CH]c1nc(Cl)cs1. The summed E-state index contributed by atoms with van der Waals surface area (Å²) in [6, 6.07) is 0. The topological polar surface area (TPSA) is 12.9 Å². The van der Waals surface area contributed by atoms with Crippen molar-refractivity contribution < 1.29 is 0 Å². The van der Waals surface area contributed by atoms with Gasteiger partial charge >= 0.3 is 0 Å². The molecule has 2 radical (unpaired) electrons. The van der Waals surface area contributed by atoms with E-state index in [0.29, 0.717) is 10.2 Å². The van der Waals surface area contributed by atoms with Crippen LogP contribution in [0.4, 0.5) is 0 Å². The molecule has 0 saturated carbocycles. The van der Waals surface area contributed by atoms with Gasteiger partial charge in [-0.1, -0.05) is 11.6 Å². The highest BCUT2D eigenvalue weighted by atomic mass is 35.5. The average Bonchev–Trinajstić information content (AvgIpc) is 1.87. The summed E-state index contributed by atoms with van der Waals surface area (Å²) in [4.78, 5) is 3.67. The Morgan fingerprint density at radius 1 is 1.86 bits per heavy atom. The minimum Gasteiger partial charge on any atom is -0.229 e. The summed E-state index contributed by atoms with van der Waals surface area (Å²) in [6.07, 6.45) is 0. The van der Waals surface area contributed by atoms with Crippen molar-refractivity contribution in [3.8, 4) is 0 Å². The molecule has 0 aliphatic carbocycles. The summed E-state index contributed by atoms with van der Waals surface area (Å²) < 4.78 is 0. The van der Waals surface area contributed by atoms with Gasteiger partial charge in [-0.2, -0.15) is 0 Å². The van der Waals surface area contributed by atoms with Gasteiger partial charge in [0, 0.05) is 12.3 Å². The number of nitrogens with zero attached hydrogens (tertiary/aromatic N) is 1. The molecule has 0 amide bonds. The van der Waals surface area contributed by atoms with Crippen LogP contribution in [0, 0.1) is 6.92 Å². The fourth-order valence-electron chi connectivity index (χ4n) is 0.267. The summed E-state index contributed by atoms with van der Waals surface area (Å²) in [5, 5.41) is 2.68. The van der Waals surface area contributed by atoms with Crippen LogP contribution >= 0.6 is 22.9 Å². The maximum atomic E-state index is 5.38. The number of hydrogen-bond donors (Lipinski definition) is 0. The van der Waals surface area contributed by atoms with Gasteiger partial charge in [0.05, 0.1) is 5.01 Å². The molecule has 1 heterocycles. The molecule has 3 heteroatoms. The van der Waals surface area contributed by atoms with E-state index in [1.165, 1.54) is 11.3 Å². The van der Waals surface area contributed by atoms with Crippen LogP contribution in [0.3, 0.4) is 0 Å². The van der Waals surface area contributed by atoms with Gasteiger partial charge in [-0.3, -0.25) is 0 Å². The first-order valence-electron chi connectivity index (χ1n) is 1.65. The second-order valence-electron chi connectivity index (χ2n) is 1.01. The summed E-state index contributed by atoms with van der Waals surface area (Å²) in [6.45, 7) is 5.20. The Morgan fingerprint density at radius 2 is 2.57 bits per heavy atom. The lowest BCUT2D eigenvalue weighted by Crippen LogP contribution is -1.61. The van der Waals surface area contributed by atoms with Crippen LogP contribution in [0.2, 0.25) is 5.15 Å². The monoisotopic (exact) mass is 131 g/mol. The third kappa shape index (κ3) is 1.14. The first kappa shape index (κ1) is 5.06. The quantitative estimate of drug-likeness (QED) is 0.524. The minimum atomic E-state index is 0.475. The maximum absolute atomic E-state index is 5.38. The van der Waals surface area contributed by atoms with Crippen molar-refractivity contribution in [3.05, 3.63) is 22.5 Å². The van der Waals surface area contributed by atoms with Gasteiger partial charge in [0.25, 0.3) is 0 Å². The van der Waals surface area contributed by atoms with Crippen LogP contribution in [0.5, 0.6) is 0 Å². The molecule has 7 heavy (non-hydrogen) atoms. The van der Waals surface area contributed by atoms with Crippen molar-refractivity contribution in [2.24, 2.45) is 0 Å². The molecule has 0 unspecified atom stereocenters. The van der Waals surface area contributed by atoms with Gasteiger partial charge in [0.15, 0.2) is 0 Å². The molecule has 1 aromatic rings. The molecule has 0 fully saturated rings.